The Morgan fingerprint density at radius 2 is 1.10 bits per heavy atom. The fourth-order valence-corrected chi connectivity index (χ4v) is 6.00. The molecule has 6 unspecified atom stereocenters. The van der Waals surface area contributed by atoms with Crippen molar-refractivity contribution < 1.29 is 23.9 Å². The van der Waals surface area contributed by atoms with Crippen LogP contribution >= 0.6 is 0 Å². The van der Waals surface area contributed by atoms with Crippen LogP contribution in [0.15, 0.2) is 40.5 Å². The predicted octanol–water partition coefficient (Wildman–Crippen LogP) is 17.8. The van der Waals surface area contributed by atoms with Crippen molar-refractivity contribution in [2.45, 2.75) is 272 Å². The standard InChI is InChI=1S/C7H13N.2C6H12N2.5C6H11NO.8C2H6/c1-6(2)7-4-3-5-8-7;1-5(2)6-3-7-8-4-6;1-5(2)6-3-4-7-8-6;1-5(2)6-3-8-4-7-6;1-5(2)6-3-7-4-8-6;1-5(2)6-3-7-8-4-6;1-5(2)6-7-3-4-8-6;1-5(2)6-3-4-7-8-6;8*1-2/h6H,3-5H2,1-2H3;3,5-6,8H,4H2,1-2H3;4-6,8H,3H2,1-2H3;2*4-6H,3H2,1-2H3;3,5-6H,4H2,1-2H3;5H,3-4H2,1-2H3;4-6H,3H2,1-2H3;8*1-2H3. The second-order valence-electron chi connectivity index (χ2n) is 19.6. The summed E-state index contributed by atoms with van der Waals surface area (Å²) in [7, 11) is 0. The van der Waals surface area contributed by atoms with Gasteiger partial charge in [-0.05, 0) is 54.3 Å². The average Bonchev–Trinajstić information content (AvgIpc) is 4.34. The van der Waals surface area contributed by atoms with Crippen molar-refractivity contribution in [1.29, 1.82) is 0 Å². The van der Waals surface area contributed by atoms with Gasteiger partial charge >= 0.3 is 0 Å². The molecule has 0 aromatic carbocycles. The number of ether oxygens (including phenoxy) is 3. The van der Waals surface area contributed by atoms with Crippen molar-refractivity contribution >= 4 is 49.3 Å². The third-order valence-corrected chi connectivity index (χ3v) is 11.2. The Morgan fingerprint density at radius 1 is 0.525 bits per heavy atom. The molecule has 8 aliphatic heterocycles. The minimum atomic E-state index is 0.343. The summed E-state index contributed by atoms with van der Waals surface area (Å²) in [5.41, 5.74) is 7.37. The zero-order chi connectivity index (χ0) is 63.9. The Kier molecular flexibility index (Phi) is 82.1. The number of hydrazone groups is 2. The maximum absolute atomic E-state index is 5.16. The van der Waals surface area contributed by atoms with E-state index in [-0.39, 0.29) is 0 Å². The summed E-state index contributed by atoms with van der Waals surface area (Å²) in [4.78, 5) is 26.3. The maximum Gasteiger partial charge on any atom is 0.186 e. The van der Waals surface area contributed by atoms with E-state index >= 15 is 0 Å². The van der Waals surface area contributed by atoms with Crippen LogP contribution in [0, 0.1) is 59.2 Å². The zero-order valence-corrected chi connectivity index (χ0v) is 58.9. The molecule has 8 rings (SSSR count). The van der Waals surface area contributed by atoms with Gasteiger partial charge in [-0.25, -0.2) is 0 Å². The molecule has 0 spiro atoms. The molecule has 8 heterocycles. The molecule has 15 nitrogen and oxygen atoms in total. The topological polar surface area (TPSA) is 169 Å². The lowest BCUT2D eigenvalue weighted by Gasteiger charge is -2.12. The molecule has 8 aliphatic rings. The van der Waals surface area contributed by atoms with Crippen molar-refractivity contribution in [1.82, 2.24) is 10.9 Å². The maximum atomic E-state index is 5.16. The molecule has 0 amide bonds. The van der Waals surface area contributed by atoms with Gasteiger partial charge in [0.2, 0.25) is 0 Å². The summed E-state index contributed by atoms with van der Waals surface area (Å²) < 4.78 is 15.2. The van der Waals surface area contributed by atoms with Crippen LogP contribution in [0.2, 0.25) is 0 Å². The summed E-state index contributed by atoms with van der Waals surface area (Å²) in [5, 5.41) is 15.1. The van der Waals surface area contributed by atoms with Gasteiger partial charge < -0.3 is 34.7 Å². The second kappa shape index (κ2) is 71.1. The van der Waals surface area contributed by atoms with Crippen LogP contribution in [-0.4, -0.2) is 120 Å². The fourth-order valence-electron chi connectivity index (χ4n) is 6.00. The van der Waals surface area contributed by atoms with Crippen LogP contribution in [0.1, 0.15) is 247 Å². The number of oxime groups is 2. The lowest BCUT2D eigenvalue weighted by Crippen LogP contribution is -2.24. The van der Waals surface area contributed by atoms with E-state index in [9.17, 15) is 0 Å². The molecule has 480 valence electrons. The Hall–Kier alpha value is -4.04. The van der Waals surface area contributed by atoms with E-state index in [1.54, 1.807) is 12.8 Å². The van der Waals surface area contributed by atoms with E-state index in [0.29, 0.717) is 77.6 Å². The molecule has 0 aliphatic carbocycles. The molecule has 0 radical (unpaired) electrons. The van der Waals surface area contributed by atoms with Gasteiger partial charge in [0.15, 0.2) is 18.7 Å². The third-order valence-electron chi connectivity index (χ3n) is 11.2. The van der Waals surface area contributed by atoms with Crippen LogP contribution in [0.25, 0.3) is 0 Å². The summed E-state index contributed by atoms with van der Waals surface area (Å²) in [6.07, 6.45) is 16.0. The van der Waals surface area contributed by atoms with Crippen molar-refractivity contribution in [3.8, 4) is 0 Å². The lowest BCUT2D eigenvalue weighted by molar-refractivity contribution is 0.0521. The van der Waals surface area contributed by atoms with Gasteiger partial charge in [0.1, 0.15) is 32.0 Å². The van der Waals surface area contributed by atoms with Gasteiger partial charge in [-0.1, -0.05) is 232 Å². The third kappa shape index (κ3) is 55.8. The first-order valence-corrected chi connectivity index (χ1v) is 32.3. The molecule has 0 aromatic heterocycles. The molecule has 0 fully saturated rings. The number of hydrogen-bond acceptors (Lipinski definition) is 15. The number of nitrogens with one attached hydrogen (secondary N) is 2. The summed E-state index contributed by atoms with van der Waals surface area (Å²) in [6.45, 7) is 72.8. The molecular formula is C65H140N10O5. The highest BCUT2D eigenvalue weighted by Gasteiger charge is 2.19. The van der Waals surface area contributed by atoms with E-state index in [1.807, 2.05) is 136 Å². The largest absolute Gasteiger partial charge is 0.481 e. The van der Waals surface area contributed by atoms with Gasteiger partial charge in [-0.3, -0.25) is 20.0 Å². The van der Waals surface area contributed by atoms with E-state index in [4.69, 9.17) is 23.9 Å². The van der Waals surface area contributed by atoms with Crippen LogP contribution in [0.3, 0.4) is 0 Å². The Labute approximate surface area is 499 Å². The van der Waals surface area contributed by atoms with E-state index in [2.05, 4.69) is 162 Å². The highest BCUT2D eigenvalue weighted by molar-refractivity contribution is 5.87. The molecule has 80 heavy (non-hydrogen) atoms. The number of aliphatic imine (C=N–C) groups is 4. The van der Waals surface area contributed by atoms with Gasteiger partial charge in [-0.2, -0.15) is 10.2 Å². The van der Waals surface area contributed by atoms with Crippen molar-refractivity contribution in [2.75, 3.05) is 46.0 Å². The Balaban J connectivity index is -0.000000119. The first kappa shape index (κ1) is 92.4. The van der Waals surface area contributed by atoms with Gasteiger partial charge in [0, 0.05) is 68.0 Å². The lowest BCUT2D eigenvalue weighted by atomic mass is 9.98. The predicted molar refractivity (Wildman–Crippen MR) is 362 cm³/mol. The molecule has 6 atom stereocenters. The van der Waals surface area contributed by atoms with Crippen molar-refractivity contribution in [3.63, 3.8) is 0 Å². The molecular weight excluding hydrogens is 1000 g/mol. The normalized spacial score (nSPS) is 20.4. The number of hydrogen-bond donors (Lipinski definition) is 2. The minimum Gasteiger partial charge on any atom is -0.481 e. The van der Waals surface area contributed by atoms with E-state index in [0.717, 1.165) is 70.7 Å². The van der Waals surface area contributed by atoms with Gasteiger partial charge in [-0.15, -0.1) is 0 Å². The smallest absolute Gasteiger partial charge is 0.186 e. The van der Waals surface area contributed by atoms with E-state index < -0.39 is 0 Å². The summed E-state index contributed by atoms with van der Waals surface area (Å²) in [5.74, 6) is 7.21. The molecule has 0 bridgehead atoms. The number of rotatable bonds is 8. The summed E-state index contributed by atoms with van der Waals surface area (Å²) >= 11 is 0. The monoisotopic (exact) mass is 1140 g/mol. The van der Waals surface area contributed by atoms with Gasteiger partial charge in [0.25, 0.3) is 0 Å². The fraction of sp³-hybridized carbons (Fsp3) is 0.877. The first-order valence-electron chi connectivity index (χ1n) is 32.3. The quantitative estimate of drug-likeness (QED) is 0.244. The van der Waals surface area contributed by atoms with Crippen LogP contribution < -0.4 is 10.9 Å². The average molecular weight is 1140 g/mol. The molecule has 2 N–H and O–H groups in total. The Morgan fingerprint density at radius 3 is 1.30 bits per heavy atom. The molecule has 15 heteroatoms. The first-order chi connectivity index (χ1) is 38.4. The van der Waals surface area contributed by atoms with Crippen molar-refractivity contribution in [3.05, 3.63) is 0 Å². The number of nitrogens with zero attached hydrogens (tertiary/aromatic N) is 8. The highest BCUT2D eigenvalue weighted by Crippen LogP contribution is 2.15. The summed E-state index contributed by atoms with van der Waals surface area (Å²) in [6, 6.07) is 1.00. The van der Waals surface area contributed by atoms with Crippen LogP contribution in [0.4, 0.5) is 0 Å². The van der Waals surface area contributed by atoms with Crippen molar-refractivity contribution in [2.24, 2.45) is 99.7 Å². The van der Waals surface area contributed by atoms with Crippen LogP contribution in [-0.2, 0) is 23.9 Å². The molecule has 0 saturated carbocycles. The Bertz CT molecular complexity index is 1270. The highest BCUT2D eigenvalue weighted by atomic mass is 16.6. The van der Waals surface area contributed by atoms with E-state index in [1.165, 1.54) is 18.6 Å². The zero-order valence-electron chi connectivity index (χ0n) is 58.9. The second-order valence-corrected chi connectivity index (χ2v) is 19.6. The SMILES string of the molecule is CC.CC.CC.CC.CC.CC.CC.CC.CC(C)C1=NCCC1.CC(C)C1=NCCO1.CC(C)C1C=NNC1.CC(C)C1C=NOC1.CC(C)C1CC=NN1.CC(C)C1CC=NO1.CC(C)C1CN=CO1.CC(C)C1COC=N1. The molecule has 0 aromatic rings. The van der Waals surface area contributed by atoms with Crippen LogP contribution in [0.5, 0.6) is 0 Å². The van der Waals surface area contributed by atoms with Gasteiger partial charge in [0.05, 0.1) is 31.4 Å². The molecule has 0 saturated heterocycles. The minimum absolute atomic E-state index is 0.343.